The molecule has 1 unspecified atom stereocenters. The topological polar surface area (TPSA) is 43.2 Å². The highest BCUT2D eigenvalue weighted by Gasteiger charge is 2.19. The maximum Gasteiger partial charge on any atom is 0.152 e. The van der Waals surface area contributed by atoms with Crippen LogP contribution in [0.1, 0.15) is 19.8 Å². The van der Waals surface area contributed by atoms with Crippen LogP contribution in [0.2, 0.25) is 0 Å². The number of rotatable bonds is 3. The van der Waals surface area contributed by atoms with Crippen molar-refractivity contribution >= 4 is 5.78 Å². The predicted molar refractivity (Wildman–Crippen MR) is 43.6 cm³/mol. The molecule has 1 N–H and O–H groups in total. The highest BCUT2D eigenvalue weighted by Crippen LogP contribution is 1.98. The zero-order valence-electron chi connectivity index (χ0n) is 6.97. The maximum absolute atomic E-state index is 11.3. The fraction of sp³-hybridized carbons (Fsp3) is 0.875. The second-order valence-electron chi connectivity index (χ2n) is 2.84. The molecule has 0 bridgehead atoms. The lowest BCUT2D eigenvalue weighted by atomic mass is 10.1. The van der Waals surface area contributed by atoms with Gasteiger partial charge in [-0.3, -0.25) is 4.79 Å². The molecule has 1 aliphatic heterocycles. The van der Waals surface area contributed by atoms with E-state index >= 15 is 0 Å². The summed E-state index contributed by atoms with van der Waals surface area (Å²) in [5.74, 6) is 0.291. The Balaban J connectivity index is 2.27. The molecule has 0 aliphatic carbocycles. The molecule has 1 rings (SSSR count). The van der Waals surface area contributed by atoms with Crippen LogP contribution in [0.4, 0.5) is 0 Å². The van der Waals surface area contributed by atoms with Gasteiger partial charge in [-0.2, -0.15) is 0 Å². The summed E-state index contributed by atoms with van der Waals surface area (Å²) in [6.45, 7) is 4.49. The first-order valence-corrected chi connectivity index (χ1v) is 4.24. The Bertz CT molecular complexity index is 130. The van der Waals surface area contributed by atoms with Crippen molar-refractivity contribution in [1.82, 2.24) is 10.6 Å². The SMILES string of the molecule is CCCC(=O)C1CNCC[N]1. The first-order valence-electron chi connectivity index (χ1n) is 4.24. The molecule has 0 aromatic heterocycles. The van der Waals surface area contributed by atoms with Crippen molar-refractivity contribution in [3.8, 4) is 0 Å². The van der Waals surface area contributed by atoms with Gasteiger partial charge in [0.15, 0.2) is 5.78 Å². The Morgan fingerprint density at radius 3 is 3.09 bits per heavy atom. The summed E-state index contributed by atoms with van der Waals surface area (Å²) in [6, 6.07) is -0.0521. The Morgan fingerprint density at radius 1 is 1.73 bits per heavy atom. The normalized spacial score (nSPS) is 25.0. The van der Waals surface area contributed by atoms with Crippen molar-refractivity contribution in [2.45, 2.75) is 25.8 Å². The molecule has 0 aromatic carbocycles. The quantitative estimate of drug-likeness (QED) is 0.620. The van der Waals surface area contributed by atoms with Crippen molar-refractivity contribution in [3.05, 3.63) is 0 Å². The van der Waals surface area contributed by atoms with Gasteiger partial charge in [0.1, 0.15) is 0 Å². The number of nitrogens with one attached hydrogen (secondary N) is 1. The van der Waals surface area contributed by atoms with E-state index < -0.39 is 0 Å². The van der Waals surface area contributed by atoms with Crippen molar-refractivity contribution in [2.75, 3.05) is 19.6 Å². The Labute approximate surface area is 67.5 Å². The first-order chi connectivity index (χ1) is 5.34. The third kappa shape index (κ3) is 2.60. The molecule has 0 amide bonds. The molecule has 1 aliphatic rings. The van der Waals surface area contributed by atoms with Gasteiger partial charge in [-0.05, 0) is 6.42 Å². The van der Waals surface area contributed by atoms with E-state index in [1.807, 2.05) is 6.92 Å². The Hall–Kier alpha value is -0.410. The van der Waals surface area contributed by atoms with Crippen molar-refractivity contribution in [2.24, 2.45) is 0 Å². The molecule has 3 nitrogen and oxygen atoms in total. The summed E-state index contributed by atoms with van der Waals surface area (Å²) in [4.78, 5) is 11.3. The van der Waals surface area contributed by atoms with E-state index in [1.165, 1.54) is 0 Å². The number of carbonyl (C=O) groups excluding carboxylic acids is 1. The van der Waals surface area contributed by atoms with E-state index in [-0.39, 0.29) is 6.04 Å². The smallest absolute Gasteiger partial charge is 0.152 e. The molecule has 0 spiro atoms. The van der Waals surface area contributed by atoms with Crippen molar-refractivity contribution in [1.29, 1.82) is 0 Å². The molecule has 1 radical (unpaired) electrons. The second kappa shape index (κ2) is 4.46. The molecule has 0 aromatic rings. The van der Waals surface area contributed by atoms with E-state index in [0.29, 0.717) is 12.2 Å². The number of Topliss-reactive ketones (excluding diaryl/α,β-unsaturated/α-hetero) is 1. The van der Waals surface area contributed by atoms with Crippen LogP contribution in [0.25, 0.3) is 0 Å². The molecule has 63 valence electrons. The molecular weight excluding hydrogens is 140 g/mol. The maximum atomic E-state index is 11.3. The molecule has 0 saturated carbocycles. The van der Waals surface area contributed by atoms with E-state index in [0.717, 1.165) is 26.1 Å². The van der Waals surface area contributed by atoms with Gasteiger partial charge in [-0.15, -0.1) is 0 Å². The zero-order valence-corrected chi connectivity index (χ0v) is 6.97. The number of hydrogen-bond donors (Lipinski definition) is 1. The number of hydrogen-bond acceptors (Lipinski definition) is 2. The highest BCUT2D eigenvalue weighted by atomic mass is 16.1. The lowest BCUT2D eigenvalue weighted by molar-refractivity contribution is -0.121. The van der Waals surface area contributed by atoms with Crippen molar-refractivity contribution in [3.63, 3.8) is 0 Å². The minimum absolute atomic E-state index is 0.0521. The third-order valence-electron chi connectivity index (χ3n) is 1.84. The van der Waals surface area contributed by atoms with Crippen LogP contribution in [0.5, 0.6) is 0 Å². The zero-order chi connectivity index (χ0) is 8.10. The molecule has 3 heteroatoms. The number of nitrogens with zero attached hydrogens (tertiary/aromatic N) is 1. The number of ketones is 1. The summed E-state index contributed by atoms with van der Waals surface area (Å²) < 4.78 is 0. The third-order valence-corrected chi connectivity index (χ3v) is 1.84. The van der Waals surface area contributed by atoms with E-state index in [2.05, 4.69) is 10.6 Å². The summed E-state index contributed by atoms with van der Waals surface area (Å²) in [7, 11) is 0. The fourth-order valence-corrected chi connectivity index (χ4v) is 1.23. The molecule has 1 saturated heterocycles. The average molecular weight is 155 g/mol. The lowest BCUT2D eigenvalue weighted by Crippen LogP contribution is -2.48. The standard InChI is InChI=1S/C8H15N2O/c1-2-3-8(11)7-6-9-4-5-10-7/h7,9H,2-6H2,1H3. The number of carbonyl (C=O) groups is 1. The first kappa shape index (κ1) is 8.68. The Morgan fingerprint density at radius 2 is 2.55 bits per heavy atom. The second-order valence-corrected chi connectivity index (χ2v) is 2.84. The summed E-state index contributed by atoms with van der Waals surface area (Å²) in [5, 5.41) is 7.40. The molecule has 1 heterocycles. The molecule has 1 atom stereocenters. The van der Waals surface area contributed by atoms with Crippen molar-refractivity contribution < 1.29 is 4.79 Å². The van der Waals surface area contributed by atoms with Crippen LogP contribution in [0.15, 0.2) is 0 Å². The van der Waals surface area contributed by atoms with Crippen LogP contribution >= 0.6 is 0 Å². The van der Waals surface area contributed by atoms with Gasteiger partial charge >= 0.3 is 0 Å². The molecule has 11 heavy (non-hydrogen) atoms. The molecule has 1 fully saturated rings. The summed E-state index contributed by atoms with van der Waals surface area (Å²) in [5.41, 5.74) is 0. The van der Waals surface area contributed by atoms with Gasteiger partial charge in [0.25, 0.3) is 0 Å². The summed E-state index contributed by atoms with van der Waals surface area (Å²) in [6.07, 6.45) is 1.61. The van der Waals surface area contributed by atoms with Gasteiger partial charge < -0.3 is 5.32 Å². The van der Waals surface area contributed by atoms with E-state index in [1.54, 1.807) is 0 Å². The van der Waals surface area contributed by atoms with Gasteiger partial charge in [-0.25, -0.2) is 5.32 Å². The van der Waals surface area contributed by atoms with E-state index in [4.69, 9.17) is 0 Å². The van der Waals surface area contributed by atoms with Crippen LogP contribution in [0, 0.1) is 0 Å². The van der Waals surface area contributed by atoms with Gasteiger partial charge in [0.05, 0.1) is 6.04 Å². The van der Waals surface area contributed by atoms with Crippen LogP contribution in [0.3, 0.4) is 0 Å². The van der Waals surface area contributed by atoms with Crippen LogP contribution in [-0.2, 0) is 4.79 Å². The monoisotopic (exact) mass is 155 g/mol. The Kier molecular flexibility index (Phi) is 3.52. The van der Waals surface area contributed by atoms with Gasteiger partial charge in [0, 0.05) is 26.1 Å². The number of piperazine rings is 1. The highest BCUT2D eigenvalue weighted by molar-refractivity contribution is 5.84. The molecular formula is C8H15N2O. The minimum Gasteiger partial charge on any atom is -0.313 e. The van der Waals surface area contributed by atoms with E-state index in [9.17, 15) is 4.79 Å². The van der Waals surface area contributed by atoms with Gasteiger partial charge in [0.2, 0.25) is 0 Å². The average Bonchev–Trinajstić information content (AvgIpc) is 2.07. The lowest BCUT2D eigenvalue weighted by Gasteiger charge is -2.21. The predicted octanol–water partition coefficient (Wildman–Crippen LogP) is -0.0682. The fourth-order valence-electron chi connectivity index (χ4n) is 1.23. The van der Waals surface area contributed by atoms with Gasteiger partial charge in [-0.1, -0.05) is 6.92 Å². The largest absolute Gasteiger partial charge is 0.313 e. The minimum atomic E-state index is -0.0521. The van der Waals surface area contributed by atoms with Crippen LogP contribution < -0.4 is 10.6 Å². The van der Waals surface area contributed by atoms with Crippen LogP contribution in [-0.4, -0.2) is 31.5 Å². The summed E-state index contributed by atoms with van der Waals surface area (Å²) >= 11 is 0.